The van der Waals surface area contributed by atoms with Crippen molar-refractivity contribution in [2.75, 3.05) is 18.4 Å². The molecule has 0 aromatic heterocycles. The maximum absolute atomic E-state index is 12.0. The van der Waals surface area contributed by atoms with Crippen LogP contribution in [0.2, 0.25) is 0 Å². The number of benzene rings is 1. The van der Waals surface area contributed by atoms with Gasteiger partial charge in [-0.1, -0.05) is 13.8 Å². The van der Waals surface area contributed by atoms with Gasteiger partial charge in [0.2, 0.25) is 0 Å². The van der Waals surface area contributed by atoms with E-state index in [4.69, 9.17) is 5.11 Å². The highest BCUT2D eigenvalue weighted by Gasteiger charge is 2.11. The molecule has 2 N–H and O–H groups in total. The molecule has 1 aromatic carbocycles. The molecule has 0 aliphatic heterocycles. The molecule has 0 saturated carbocycles. The van der Waals surface area contributed by atoms with Crippen molar-refractivity contribution in [2.45, 2.75) is 26.7 Å². The first kappa shape index (κ1) is 18.2. The predicted molar refractivity (Wildman–Crippen MR) is 81.8 cm³/mol. The van der Waals surface area contributed by atoms with Crippen LogP contribution in [0.1, 0.15) is 37.0 Å². The van der Waals surface area contributed by atoms with Gasteiger partial charge in [-0.2, -0.15) is 0 Å². The summed E-state index contributed by atoms with van der Waals surface area (Å²) in [5, 5.41) is 11.6. The van der Waals surface area contributed by atoms with Crippen LogP contribution in [0.25, 0.3) is 0 Å². The lowest BCUT2D eigenvalue weighted by atomic mass is 10.2. The molecule has 20 heavy (non-hydrogen) atoms. The number of nitrogens with zero attached hydrogens (tertiary/aromatic N) is 1. The third kappa shape index (κ3) is 5.48. The summed E-state index contributed by atoms with van der Waals surface area (Å²) in [6.45, 7) is 5.48. The van der Waals surface area contributed by atoms with Gasteiger partial charge in [0.1, 0.15) is 0 Å². The number of urea groups is 1. The van der Waals surface area contributed by atoms with Crippen molar-refractivity contribution in [1.82, 2.24) is 4.90 Å². The molecule has 0 fully saturated rings. The second-order valence-corrected chi connectivity index (χ2v) is 4.30. The normalized spacial score (nSPS) is 9.50. The number of anilines is 1. The number of rotatable bonds is 6. The van der Waals surface area contributed by atoms with E-state index in [-0.39, 0.29) is 24.0 Å². The van der Waals surface area contributed by atoms with Crippen LogP contribution in [0.4, 0.5) is 10.5 Å². The molecule has 0 heterocycles. The fourth-order valence-electron chi connectivity index (χ4n) is 1.75. The molecule has 6 heteroatoms. The number of carbonyl (C=O) groups is 2. The van der Waals surface area contributed by atoms with Crippen LogP contribution in [0, 0.1) is 0 Å². The molecule has 0 bridgehead atoms. The summed E-state index contributed by atoms with van der Waals surface area (Å²) in [6, 6.07) is 5.99. The van der Waals surface area contributed by atoms with Gasteiger partial charge in [0.25, 0.3) is 0 Å². The Morgan fingerprint density at radius 1 is 1.10 bits per heavy atom. The zero-order valence-corrected chi connectivity index (χ0v) is 12.6. The van der Waals surface area contributed by atoms with Crippen LogP contribution in [0.5, 0.6) is 0 Å². The van der Waals surface area contributed by atoms with E-state index < -0.39 is 5.97 Å². The number of carbonyl (C=O) groups excluding carboxylic acids is 1. The SMILES string of the molecule is CCCN(CCC)C(=O)Nc1ccc(C(=O)O)cc1.Cl. The fraction of sp³-hybridized carbons (Fsp3) is 0.429. The molecule has 1 aromatic rings. The van der Waals surface area contributed by atoms with Crippen molar-refractivity contribution in [2.24, 2.45) is 0 Å². The second-order valence-electron chi connectivity index (χ2n) is 4.30. The van der Waals surface area contributed by atoms with Crippen molar-refractivity contribution < 1.29 is 14.7 Å². The Kier molecular flexibility index (Phi) is 8.40. The standard InChI is InChI=1S/C14H20N2O3.ClH/c1-3-9-16(10-4-2)14(19)15-12-7-5-11(6-8-12)13(17)18;/h5-8H,3-4,9-10H2,1-2H3,(H,15,19)(H,17,18);1H. The monoisotopic (exact) mass is 300 g/mol. The zero-order valence-electron chi connectivity index (χ0n) is 11.8. The van der Waals surface area contributed by atoms with Gasteiger partial charge >= 0.3 is 12.0 Å². The van der Waals surface area contributed by atoms with Gasteiger partial charge in [0, 0.05) is 18.8 Å². The lowest BCUT2D eigenvalue weighted by Crippen LogP contribution is -2.36. The lowest BCUT2D eigenvalue weighted by Gasteiger charge is -2.21. The van der Waals surface area contributed by atoms with Crippen LogP contribution in [-0.2, 0) is 0 Å². The average molecular weight is 301 g/mol. The summed E-state index contributed by atoms with van der Waals surface area (Å²) < 4.78 is 0. The van der Waals surface area contributed by atoms with Crippen LogP contribution in [-0.4, -0.2) is 35.1 Å². The maximum atomic E-state index is 12.0. The van der Waals surface area contributed by atoms with Gasteiger partial charge in [0.05, 0.1) is 5.56 Å². The number of amides is 2. The van der Waals surface area contributed by atoms with Crippen LogP contribution in [0.3, 0.4) is 0 Å². The van der Waals surface area contributed by atoms with E-state index in [2.05, 4.69) is 5.32 Å². The lowest BCUT2D eigenvalue weighted by molar-refractivity contribution is 0.0697. The largest absolute Gasteiger partial charge is 0.478 e. The summed E-state index contributed by atoms with van der Waals surface area (Å²) >= 11 is 0. The minimum Gasteiger partial charge on any atom is -0.478 e. The van der Waals surface area contributed by atoms with Gasteiger partial charge in [-0.25, -0.2) is 9.59 Å². The molecule has 1 rings (SSSR count). The van der Waals surface area contributed by atoms with Gasteiger partial charge in [0.15, 0.2) is 0 Å². The smallest absolute Gasteiger partial charge is 0.335 e. The van der Waals surface area contributed by atoms with Gasteiger partial charge in [-0.3, -0.25) is 0 Å². The number of nitrogens with one attached hydrogen (secondary N) is 1. The van der Waals surface area contributed by atoms with Crippen molar-refractivity contribution in [3.05, 3.63) is 29.8 Å². The van der Waals surface area contributed by atoms with E-state index >= 15 is 0 Å². The number of halogens is 1. The fourth-order valence-corrected chi connectivity index (χ4v) is 1.75. The van der Waals surface area contributed by atoms with Gasteiger partial charge < -0.3 is 15.3 Å². The van der Waals surface area contributed by atoms with E-state index in [0.717, 1.165) is 12.8 Å². The van der Waals surface area contributed by atoms with Crippen molar-refractivity contribution in [1.29, 1.82) is 0 Å². The highest BCUT2D eigenvalue weighted by Crippen LogP contribution is 2.10. The summed E-state index contributed by atoms with van der Waals surface area (Å²) in [6.07, 6.45) is 1.82. The maximum Gasteiger partial charge on any atom is 0.335 e. The Balaban J connectivity index is 0.00000361. The van der Waals surface area contributed by atoms with E-state index in [1.165, 1.54) is 12.1 Å². The average Bonchev–Trinajstić information content (AvgIpc) is 2.39. The quantitative estimate of drug-likeness (QED) is 0.845. The summed E-state index contributed by atoms with van der Waals surface area (Å²) in [5.74, 6) is -0.975. The molecular weight excluding hydrogens is 280 g/mol. The molecule has 0 aliphatic rings. The van der Waals surface area contributed by atoms with E-state index in [9.17, 15) is 9.59 Å². The molecule has 112 valence electrons. The molecular formula is C14H21ClN2O3. The molecule has 0 atom stereocenters. The molecule has 0 aliphatic carbocycles. The Morgan fingerprint density at radius 3 is 2.00 bits per heavy atom. The number of aromatic carboxylic acids is 1. The molecule has 0 radical (unpaired) electrons. The van der Waals surface area contributed by atoms with Gasteiger partial charge in [-0.05, 0) is 37.1 Å². The first-order valence-corrected chi connectivity index (χ1v) is 6.47. The first-order valence-electron chi connectivity index (χ1n) is 6.47. The topological polar surface area (TPSA) is 69.6 Å². The van der Waals surface area contributed by atoms with E-state index in [1.807, 2.05) is 13.8 Å². The Morgan fingerprint density at radius 2 is 1.60 bits per heavy atom. The van der Waals surface area contributed by atoms with Crippen LogP contribution in [0.15, 0.2) is 24.3 Å². The molecule has 0 unspecified atom stereocenters. The van der Waals surface area contributed by atoms with Gasteiger partial charge in [-0.15, -0.1) is 12.4 Å². The van der Waals surface area contributed by atoms with E-state index in [0.29, 0.717) is 18.8 Å². The van der Waals surface area contributed by atoms with Crippen molar-refractivity contribution >= 4 is 30.1 Å². The summed E-state index contributed by atoms with van der Waals surface area (Å²) in [7, 11) is 0. The Hall–Kier alpha value is -1.75. The highest BCUT2D eigenvalue weighted by molar-refractivity contribution is 5.91. The Bertz CT molecular complexity index is 429. The second kappa shape index (κ2) is 9.20. The first-order chi connectivity index (χ1) is 9.08. The van der Waals surface area contributed by atoms with Crippen molar-refractivity contribution in [3.63, 3.8) is 0 Å². The number of carboxylic acids is 1. The van der Waals surface area contributed by atoms with Crippen LogP contribution < -0.4 is 5.32 Å². The molecule has 2 amide bonds. The van der Waals surface area contributed by atoms with Crippen molar-refractivity contribution in [3.8, 4) is 0 Å². The number of hydrogen-bond acceptors (Lipinski definition) is 2. The minimum absolute atomic E-state index is 0. The number of carboxylic acid groups (broad SMARTS) is 1. The summed E-state index contributed by atoms with van der Waals surface area (Å²) in [5.41, 5.74) is 0.809. The third-order valence-corrected chi connectivity index (χ3v) is 2.66. The summed E-state index contributed by atoms with van der Waals surface area (Å²) in [4.78, 5) is 24.5. The Labute approximate surface area is 125 Å². The third-order valence-electron chi connectivity index (χ3n) is 2.66. The highest BCUT2D eigenvalue weighted by atomic mass is 35.5. The molecule has 0 spiro atoms. The zero-order chi connectivity index (χ0) is 14.3. The molecule has 0 saturated heterocycles. The molecule has 5 nitrogen and oxygen atoms in total. The predicted octanol–water partition coefficient (Wildman–Crippen LogP) is 3.46. The van der Waals surface area contributed by atoms with E-state index in [1.54, 1.807) is 17.0 Å². The number of hydrogen-bond donors (Lipinski definition) is 2. The minimum atomic E-state index is -0.975. The van der Waals surface area contributed by atoms with Crippen LogP contribution >= 0.6 is 12.4 Å².